The van der Waals surface area contributed by atoms with Gasteiger partial charge >= 0.3 is 0 Å². The van der Waals surface area contributed by atoms with E-state index in [-0.39, 0.29) is 22.3 Å². The van der Waals surface area contributed by atoms with Crippen LogP contribution in [0.2, 0.25) is 10.1 Å². The monoisotopic (exact) mass is 830 g/mol. The molecule has 6 heteroatoms. The van der Waals surface area contributed by atoms with Crippen molar-refractivity contribution >= 4 is 55.1 Å². The topological polar surface area (TPSA) is 35.5 Å². The quantitative estimate of drug-likeness (QED) is 0.0911. The summed E-state index contributed by atoms with van der Waals surface area (Å²) in [6.45, 7) is 18.9. The fraction of sp³-hybridized carbons (Fsp3) is 0.245. The fourth-order valence-corrected chi connectivity index (χ4v) is 21.1. The minimum Gasteiger partial charge on any atom is -0.404 e. The molecule has 0 radical (unpaired) electrons. The van der Waals surface area contributed by atoms with Crippen molar-refractivity contribution in [2.45, 2.75) is 76.7 Å². The average molecular weight is 831 g/mol. The van der Waals surface area contributed by atoms with Gasteiger partial charge in [-0.1, -0.05) is 236 Å². The van der Waals surface area contributed by atoms with Gasteiger partial charge in [-0.2, -0.15) is 0 Å². The molecule has 0 saturated heterocycles. The Balaban J connectivity index is 1.40. The molecule has 0 amide bonds. The van der Waals surface area contributed by atoms with Gasteiger partial charge in [-0.05, 0) is 48.4 Å². The maximum Gasteiger partial charge on any atom is 0.261 e. The maximum absolute atomic E-state index is 15.5. The molecule has 2 unspecified atom stereocenters. The Morgan fingerprint density at radius 1 is 0.542 bits per heavy atom. The Hall–Kier alpha value is -4.62. The number of benzene rings is 6. The molecule has 2 atom stereocenters. The van der Waals surface area contributed by atoms with Crippen molar-refractivity contribution in [1.82, 2.24) is 0 Å². The van der Waals surface area contributed by atoms with Crippen LogP contribution in [0.1, 0.15) is 54.4 Å². The van der Waals surface area contributed by atoms with Crippen molar-refractivity contribution in [2.24, 2.45) is 0 Å². The summed E-state index contributed by atoms with van der Waals surface area (Å²) in [6.07, 6.45) is 3.33. The van der Waals surface area contributed by atoms with Gasteiger partial charge in [-0.3, -0.25) is 0 Å². The third-order valence-corrected chi connectivity index (χ3v) is 25.3. The first-order chi connectivity index (χ1) is 28.3. The van der Waals surface area contributed by atoms with Crippen molar-refractivity contribution in [1.29, 1.82) is 0 Å². The van der Waals surface area contributed by atoms with Gasteiger partial charge in [-0.15, -0.1) is 0 Å². The fourth-order valence-electron chi connectivity index (χ4n) is 9.25. The smallest absolute Gasteiger partial charge is 0.261 e. The van der Waals surface area contributed by atoms with Crippen molar-refractivity contribution in [3.63, 3.8) is 0 Å². The molecule has 1 aliphatic rings. The Bertz CT molecular complexity index is 2250. The highest BCUT2D eigenvalue weighted by molar-refractivity contribution is 7.78. The van der Waals surface area contributed by atoms with Gasteiger partial charge in [0.2, 0.25) is 0 Å². The normalized spacial score (nSPS) is 17.5. The van der Waals surface area contributed by atoms with Gasteiger partial charge < -0.3 is 13.4 Å². The Labute approximate surface area is 355 Å². The number of hydrogen-bond donors (Lipinski definition) is 0. The third kappa shape index (κ3) is 8.42. The second kappa shape index (κ2) is 17.5. The van der Waals surface area contributed by atoms with Crippen LogP contribution in [0.3, 0.4) is 0 Å². The molecule has 302 valence electrons. The van der Waals surface area contributed by atoms with Crippen LogP contribution in [-0.2, 0) is 13.4 Å². The SMILES string of the molecule is C=C1/C(=C\CP(=O)(c2ccccc2)c2ccccc2)CC(O[Si](c2ccccc2)(c2ccccc2)C(C)(C)C)CC1O[Si](c1ccccc1)(c1ccccc1)C(C)(C)C. The van der Waals surface area contributed by atoms with Gasteiger partial charge in [0.1, 0.15) is 7.14 Å². The highest BCUT2D eigenvalue weighted by atomic mass is 31.2. The summed E-state index contributed by atoms with van der Waals surface area (Å²) in [7, 11) is -9.04. The van der Waals surface area contributed by atoms with E-state index in [1.807, 2.05) is 60.7 Å². The lowest BCUT2D eigenvalue weighted by molar-refractivity contribution is 0.102. The molecule has 7 rings (SSSR count). The maximum atomic E-state index is 15.5. The number of allylic oxidation sites excluding steroid dienone is 1. The first kappa shape index (κ1) is 42.5. The molecule has 6 aromatic rings. The molecular weight excluding hydrogens is 772 g/mol. The summed E-state index contributed by atoms with van der Waals surface area (Å²) in [6, 6.07) is 63.4. The summed E-state index contributed by atoms with van der Waals surface area (Å²) in [5, 5.41) is 6.20. The van der Waals surface area contributed by atoms with Gasteiger partial charge in [-0.25, -0.2) is 0 Å². The molecule has 1 aliphatic carbocycles. The standard InChI is InChI=1S/C53H59O3PSi2/c1-42-43(38-39-57(54,45-26-14-8-15-27-45)46-28-16-9-17-29-46)40-44(55-58(52(2,3)4,47-30-18-10-19-31-47)48-32-20-11-21-33-48)41-51(42)56-59(53(5,6)7,49-34-22-12-23-35-49)50-36-24-13-25-37-50/h8-38,44,51H,1,39-41H2,2-7H3/b43-38-. The van der Waals surface area contributed by atoms with Crippen molar-refractivity contribution in [3.8, 4) is 0 Å². The van der Waals surface area contributed by atoms with Crippen LogP contribution >= 0.6 is 7.14 Å². The van der Waals surface area contributed by atoms with E-state index in [4.69, 9.17) is 15.4 Å². The molecule has 0 N–H and O–H groups in total. The molecule has 0 bridgehead atoms. The molecule has 6 aromatic carbocycles. The molecule has 0 heterocycles. The third-order valence-electron chi connectivity index (χ3n) is 12.2. The highest BCUT2D eigenvalue weighted by Gasteiger charge is 2.55. The van der Waals surface area contributed by atoms with Crippen LogP contribution in [0.15, 0.2) is 206 Å². The van der Waals surface area contributed by atoms with Gasteiger partial charge in [0.25, 0.3) is 16.6 Å². The molecule has 59 heavy (non-hydrogen) atoms. The lowest BCUT2D eigenvalue weighted by Crippen LogP contribution is -2.69. The highest BCUT2D eigenvalue weighted by Crippen LogP contribution is 2.47. The lowest BCUT2D eigenvalue weighted by atomic mass is 9.86. The molecule has 1 saturated carbocycles. The van der Waals surface area contributed by atoms with Crippen LogP contribution < -0.4 is 31.4 Å². The average Bonchev–Trinajstić information content (AvgIpc) is 3.26. The lowest BCUT2D eigenvalue weighted by Gasteiger charge is -2.49. The summed E-state index contributed by atoms with van der Waals surface area (Å²) >= 11 is 0. The van der Waals surface area contributed by atoms with E-state index in [0.29, 0.717) is 19.0 Å². The molecule has 0 spiro atoms. The van der Waals surface area contributed by atoms with Crippen molar-refractivity contribution in [2.75, 3.05) is 6.16 Å². The van der Waals surface area contributed by atoms with E-state index in [1.165, 1.54) is 20.7 Å². The predicted octanol–water partition coefficient (Wildman–Crippen LogP) is 10.2. The second-order valence-electron chi connectivity index (χ2n) is 18.0. The molecule has 3 nitrogen and oxygen atoms in total. The van der Waals surface area contributed by atoms with Crippen LogP contribution in [0.5, 0.6) is 0 Å². The molecular formula is C53H59O3PSi2. The van der Waals surface area contributed by atoms with Crippen LogP contribution in [-0.4, -0.2) is 35.0 Å². The minimum atomic E-state index is -3.06. The summed E-state index contributed by atoms with van der Waals surface area (Å²) in [5.74, 6) is 0. The zero-order valence-electron chi connectivity index (χ0n) is 35.6. The summed E-state index contributed by atoms with van der Waals surface area (Å²) < 4.78 is 31.4. The first-order valence-corrected chi connectivity index (χ1v) is 26.7. The molecule has 0 aromatic heterocycles. The molecule has 1 fully saturated rings. The summed E-state index contributed by atoms with van der Waals surface area (Å²) in [5.41, 5.74) is 2.02. The largest absolute Gasteiger partial charge is 0.404 e. The van der Waals surface area contributed by atoms with E-state index in [2.05, 4.69) is 169 Å². The zero-order valence-corrected chi connectivity index (χ0v) is 38.4. The van der Waals surface area contributed by atoms with Crippen LogP contribution in [0, 0.1) is 0 Å². The predicted molar refractivity (Wildman–Crippen MR) is 256 cm³/mol. The van der Waals surface area contributed by atoms with Gasteiger partial charge in [0.05, 0.1) is 12.2 Å². The Morgan fingerprint density at radius 2 is 0.864 bits per heavy atom. The Kier molecular flexibility index (Phi) is 12.6. The van der Waals surface area contributed by atoms with E-state index >= 15 is 4.57 Å². The van der Waals surface area contributed by atoms with Crippen LogP contribution in [0.25, 0.3) is 0 Å². The zero-order chi connectivity index (χ0) is 41.7. The molecule has 0 aliphatic heterocycles. The van der Waals surface area contributed by atoms with Gasteiger partial charge in [0, 0.05) is 23.2 Å². The van der Waals surface area contributed by atoms with E-state index < -0.39 is 23.8 Å². The number of hydrogen-bond acceptors (Lipinski definition) is 3. The first-order valence-electron chi connectivity index (χ1n) is 21.0. The van der Waals surface area contributed by atoms with Crippen molar-refractivity contribution in [3.05, 3.63) is 206 Å². The van der Waals surface area contributed by atoms with E-state index in [9.17, 15) is 0 Å². The van der Waals surface area contributed by atoms with E-state index in [0.717, 1.165) is 21.8 Å². The second-order valence-corrected chi connectivity index (χ2v) is 29.3. The van der Waals surface area contributed by atoms with E-state index in [1.54, 1.807) is 0 Å². The van der Waals surface area contributed by atoms with Crippen LogP contribution in [0.4, 0.5) is 0 Å². The Morgan fingerprint density at radius 3 is 1.20 bits per heavy atom. The number of rotatable bonds is 12. The minimum absolute atomic E-state index is 0.200. The summed E-state index contributed by atoms with van der Waals surface area (Å²) in [4.78, 5) is 0. The van der Waals surface area contributed by atoms with Crippen molar-refractivity contribution < 1.29 is 13.4 Å². The van der Waals surface area contributed by atoms with Gasteiger partial charge in [0.15, 0.2) is 0 Å².